The number of hydrogen-bond acceptors (Lipinski definition) is 4. The van der Waals surface area contributed by atoms with Gasteiger partial charge in [0.15, 0.2) is 5.96 Å². The van der Waals surface area contributed by atoms with Crippen molar-refractivity contribution in [2.24, 2.45) is 16.5 Å². The minimum absolute atomic E-state index is 0.0571. The van der Waals surface area contributed by atoms with E-state index in [-0.39, 0.29) is 17.4 Å². The van der Waals surface area contributed by atoms with Gasteiger partial charge in [-0.1, -0.05) is 12.1 Å². The molecule has 6 N–H and O–H groups in total. The van der Waals surface area contributed by atoms with E-state index in [4.69, 9.17) is 11.5 Å². The number of amides is 1. The van der Waals surface area contributed by atoms with Gasteiger partial charge >= 0.3 is 0 Å². The molecule has 28 heavy (non-hydrogen) atoms. The molecule has 8 nitrogen and oxygen atoms in total. The summed E-state index contributed by atoms with van der Waals surface area (Å²) in [7, 11) is 0. The molecule has 1 aromatic carbocycles. The van der Waals surface area contributed by atoms with E-state index in [1.54, 1.807) is 0 Å². The Morgan fingerprint density at radius 1 is 1.18 bits per heavy atom. The summed E-state index contributed by atoms with van der Waals surface area (Å²) >= 11 is 0. The number of aliphatic imine (C=N–C) groups is 1. The molecule has 0 aliphatic heterocycles. The van der Waals surface area contributed by atoms with Crippen molar-refractivity contribution in [2.75, 3.05) is 11.9 Å². The molecule has 0 fully saturated rings. The van der Waals surface area contributed by atoms with E-state index in [0.717, 1.165) is 54.5 Å². The van der Waals surface area contributed by atoms with Crippen molar-refractivity contribution in [3.63, 3.8) is 0 Å². The van der Waals surface area contributed by atoms with Gasteiger partial charge in [0.25, 0.3) is 5.56 Å². The van der Waals surface area contributed by atoms with E-state index in [9.17, 15) is 9.59 Å². The van der Waals surface area contributed by atoms with Gasteiger partial charge in [-0.05, 0) is 56.2 Å². The third-order valence-electron chi connectivity index (χ3n) is 4.82. The minimum atomic E-state index is -0.0939. The number of nitrogens with zero attached hydrogens (tertiary/aromatic N) is 2. The fourth-order valence-electron chi connectivity index (χ4n) is 3.47. The first kappa shape index (κ1) is 19.6. The van der Waals surface area contributed by atoms with Crippen LogP contribution in [0.1, 0.15) is 43.2 Å². The van der Waals surface area contributed by atoms with Crippen molar-refractivity contribution in [2.45, 2.75) is 44.9 Å². The average molecular weight is 382 g/mol. The SMILES string of the molecule is NC(N)=NCCCCC(=O)Nc1cccc(-c2n[nH]c(=O)c3c2CCCC3)c1. The lowest BCUT2D eigenvalue weighted by atomic mass is 9.90. The molecule has 0 radical (unpaired) electrons. The number of hydrogen-bond donors (Lipinski definition) is 4. The van der Waals surface area contributed by atoms with E-state index in [0.29, 0.717) is 25.1 Å². The van der Waals surface area contributed by atoms with Crippen LogP contribution in [0.25, 0.3) is 11.3 Å². The third-order valence-corrected chi connectivity index (χ3v) is 4.82. The van der Waals surface area contributed by atoms with Crippen LogP contribution in [0.4, 0.5) is 5.69 Å². The summed E-state index contributed by atoms with van der Waals surface area (Å²) in [4.78, 5) is 28.1. The van der Waals surface area contributed by atoms with Crippen LogP contribution < -0.4 is 22.3 Å². The molecule has 0 bridgehead atoms. The zero-order valence-electron chi connectivity index (χ0n) is 15.8. The first-order valence-electron chi connectivity index (χ1n) is 9.60. The summed E-state index contributed by atoms with van der Waals surface area (Å²) in [5, 5.41) is 9.82. The van der Waals surface area contributed by atoms with Gasteiger partial charge in [-0.25, -0.2) is 5.10 Å². The van der Waals surface area contributed by atoms with Crippen molar-refractivity contribution < 1.29 is 4.79 Å². The lowest BCUT2D eigenvalue weighted by Crippen LogP contribution is -2.23. The maximum Gasteiger partial charge on any atom is 0.267 e. The molecule has 1 aromatic heterocycles. The number of fused-ring (bicyclic) bond motifs is 1. The molecule has 0 spiro atoms. The molecule has 1 amide bonds. The van der Waals surface area contributed by atoms with Gasteiger partial charge in [0.2, 0.25) is 5.91 Å². The fourth-order valence-corrected chi connectivity index (χ4v) is 3.47. The van der Waals surface area contributed by atoms with Gasteiger partial charge < -0.3 is 16.8 Å². The van der Waals surface area contributed by atoms with Crippen LogP contribution in [-0.4, -0.2) is 28.6 Å². The highest BCUT2D eigenvalue weighted by Crippen LogP contribution is 2.29. The third kappa shape index (κ3) is 4.97. The molecule has 1 heterocycles. The summed E-state index contributed by atoms with van der Waals surface area (Å²) in [6.45, 7) is 0.522. The second-order valence-corrected chi connectivity index (χ2v) is 6.96. The molecule has 148 valence electrons. The number of carbonyl (C=O) groups is 1. The van der Waals surface area contributed by atoms with E-state index in [2.05, 4.69) is 20.5 Å². The first-order chi connectivity index (χ1) is 13.5. The molecule has 1 aliphatic carbocycles. The fraction of sp³-hybridized carbons (Fsp3) is 0.400. The van der Waals surface area contributed by atoms with Crippen LogP contribution in [0.5, 0.6) is 0 Å². The van der Waals surface area contributed by atoms with Crippen LogP contribution in [0, 0.1) is 0 Å². The van der Waals surface area contributed by atoms with Gasteiger partial charge in [-0.3, -0.25) is 14.6 Å². The summed E-state index contributed by atoms with van der Waals surface area (Å²) in [5.41, 5.74) is 14.7. The molecule has 1 aliphatic rings. The highest BCUT2D eigenvalue weighted by molar-refractivity contribution is 5.91. The number of aromatic nitrogens is 2. The average Bonchev–Trinajstić information content (AvgIpc) is 2.68. The number of anilines is 1. The van der Waals surface area contributed by atoms with E-state index >= 15 is 0 Å². The quantitative estimate of drug-likeness (QED) is 0.328. The van der Waals surface area contributed by atoms with E-state index in [1.807, 2.05) is 24.3 Å². The number of H-pyrrole nitrogens is 1. The Balaban J connectivity index is 1.67. The maximum atomic E-state index is 12.2. The summed E-state index contributed by atoms with van der Waals surface area (Å²) in [6.07, 6.45) is 5.58. The Hall–Kier alpha value is -3.16. The number of guanidine groups is 1. The standard InChI is InChI=1S/C20H26N6O2/c21-20(22)23-11-4-3-10-17(27)24-14-7-5-6-13(12-14)18-15-8-1-2-9-16(15)19(28)26-25-18/h5-7,12H,1-4,8-11H2,(H,24,27)(H,26,28)(H4,21,22,23). The Labute approximate surface area is 163 Å². The number of carbonyl (C=O) groups excluding carboxylic acids is 1. The first-order valence-corrected chi connectivity index (χ1v) is 9.60. The zero-order valence-corrected chi connectivity index (χ0v) is 15.8. The molecule has 0 saturated carbocycles. The number of nitrogens with two attached hydrogens (primary N) is 2. The number of nitrogens with one attached hydrogen (secondary N) is 2. The van der Waals surface area contributed by atoms with Gasteiger partial charge in [0.1, 0.15) is 0 Å². The Morgan fingerprint density at radius 2 is 1.96 bits per heavy atom. The van der Waals surface area contributed by atoms with Gasteiger partial charge in [-0.15, -0.1) is 0 Å². The molecule has 3 rings (SSSR count). The van der Waals surface area contributed by atoms with Crippen LogP contribution >= 0.6 is 0 Å². The molecule has 2 aromatic rings. The predicted octanol–water partition coefficient (Wildman–Crippen LogP) is 1.70. The minimum Gasteiger partial charge on any atom is -0.370 e. The molecular weight excluding hydrogens is 356 g/mol. The van der Waals surface area contributed by atoms with Crippen molar-refractivity contribution in [3.8, 4) is 11.3 Å². The molecular formula is C20H26N6O2. The highest BCUT2D eigenvalue weighted by Gasteiger charge is 2.19. The zero-order chi connectivity index (χ0) is 19.9. The number of aromatic amines is 1. The Morgan fingerprint density at radius 3 is 2.75 bits per heavy atom. The van der Waals surface area contributed by atoms with Crippen LogP contribution in [-0.2, 0) is 17.6 Å². The van der Waals surface area contributed by atoms with Crippen LogP contribution in [0.15, 0.2) is 34.1 Å². The molecule has 0 saturated heterocycles. The molecule has 0 atom stereocenters. The van der Waals surface area contributed by atoms with Crippen molar-refractivity contribution in [1.29, 1.82) is 0 Å². The van der Waals surface area contributed by atoms with Gasteiger partial charge in [0, 0.05) is 29.8 Å². The van der Waals surface area contributed by atoms with Gasteiger partial charge in [-0.2, -0.15) is 5.10 Å². The lowest BCUT2D eigenvalue weighted by molar-refractivity contribution is -0.116. The Kier molecular flexibility index (Phi) is 6.41. The predicted molar refractivity (Wildman–Crippen MR) is 110 cm³/mol. The second kappa shape index (κ2) is 9.16. The van der Waals surface area contributed by atoms with Crippen molar-refractivity contribution >= 4 is 17.6 Å². The summed E-state index contributed by atoms with van der Waals surface area (Å²) in [6, 6.07) is 7.57. The topological polar surface area (TPSA) is 139 Å². The van der Waals surface area contributed by atoms with Crippen LogP contribution in [0.3, 0.4) is 0 Å². The van der Waals surface area contributed by atoms with E-state index < -0.39 is 0 Å². The number of unbranched alkanes of at least 4 members (excludes halogenated alkanes) is 1. The normalized spacial score (nSPS) is 12.9. The molecule has 8 heteroatoms. The lowest BCUT2D eigenvalue weighted by Gasteiger charge is -2.17. The van der Waals surface area contributed by atoms with Crippen molar-refractivity contribution in [3.05, 3.63) is 45.7 Å². The maximum absolute atomic E-state index is 12.2. The van der Waals surface area contributed by atoms with E-state index in [1.165, 1.54) is 0 Å². The molecule has 0 unspecified atom stereocenters. The van der Waals surface area contributed by atoms with Crippen molar-refractivity contribution in [1.82, 2.24) is 10.2 Å². The monoisotopic (exact) mass is 382 g/mol. The van der Waals surface area contributed by atoms with Gasteiger partial charge in [0.05, 0.1) is 5.69 Å². The highest BCUT2D eigenvalue weighted by atomic mass is 16.1. The number of benzene rings is 1. The largest absolute Gasteiger partial charge is 0.370 e. The second-order valence-electron chi connectivity index (χ2n) is 6.96. The Bertz CT molecular complexity index is 931. The summed E-state index contributed by atoms with van der Waals surface area (Å²) < 4.78 is 0. The smallest absolute Gasteiger partial charge is 0.267 e. The van der Waals surface area contributed by atoms with Crippen LogP contribution in [0.2, 0.25) is 0 Å². The number of rotatable bonds is 7. The summed E-state index contributed by atoms with van der Waals surface area (Å²) in [5.74, 6) is 0.0117.